The van der Waals surface area contributed by atoms with Crippen LogP contribution in [0.1, 0.15) is 18.4 Å². The average Bonchev–Trinajstić information content (AvgIpc) is 2.87. The second-order valence-corrected chi connectivity index (χ2v) is 10.5. The van der Waals surface area contributed by atoms with Crippen LogP contribution < -0.4 is 14.9 Å². The fourth-order valence-corrected chi connectivity index (χ4v) is 5.15. The zero-order valence-corrected chi connectivity index (χ0v) is 22.2. The summed E-state index contributed by atoms with van der Waals surface area (Å²) in [5.41, 5.74) is -0.874. The number of nitrogens with one attached hydrogen (secondary N) is 2. The van der Waals surface area contributed by atoms with Gasteiger partial charge in [0.2, 0.25) is 5.91 Å². The Balaban J connectivity index is 1.73. The zero-order valence-electron chi connectivity index (χ0n) is 19.9. The van der Waals surface area contributed by atoms with E-state index in [-0.39, 0.29) is 35.6 Å². The van der Waals surface area contributed by atoms with Gasteiger partial charge in [0.25, 0.3) is 6.43 Å². The smallest absolute Gasteiger partial charge is 0.341 e. The van der Waals surface area contributed by atoms with Gasteiger partial charge in [0, 0.05) is 29.6 Å². The molecule has 2 N–H and O–H groups in total. The molecular formula is C24H25Cl2F5N4O2S. The van der Waals surface area contributed by atoms with Crippen LogP contribution in [0.2, 0.25) is 10.0 Å². The third kappa shape index (κ3) is 9.09. The van der Waals surface area contributed by atoms with Crippen LogP contribution in [0.4, 0.5) is 32.4 Å². The summed E-state index contributed by atoms with van der Waals surface area (Å²) in [6, 6.07) is 8.79. The lowest BCUT2D eigenvalue weighted by Crippen LogP contribution is -2.47. The number of benzene rings is 2. The van der Waals surface area contributed by atoms with Crippen molar-refractivity contribution in [2.45, 2.75) is 30.3 Å². The van der Waals surface area contributed by atoms with Crippen molar-refractivity contribution in [2.24, 2.45) is 5.92 Å². The van der Waals surface area contributed by atoms with Crippen LogP contribution in [-0.2, 0) is 11.0 Å². The van der Waals surface area contributed by atoms with Gasteiger partial charge in [-0.2, -0.15) is 13.2 Å². The molecule has 0 bridgehead atoms. The summed E-state index contributed by atoms with van der Waals surface area (Å²) < 4.78 is 66.2. The van der Waals surface area contributed by atoms with Gasteiger partial charge in [-0.15, -0.1) is 0 Å². The van der Waals surface area contributed by atoms with E-state index in [0.29, 0.717) is 35.8 Å². The van der Waals surface area contributed by atoms with E-state index in [4.69, 9.17) is 23.2 Å². The molecular weight excluding hydrogens is 574 g/mol. The lowest BCUT2D eigenvalue weighted by Gasteiger charge is -2.34. The van der Waals surface area contributed by atoms with Crippen LogP contribution in [0, 0.1) is 5.92 Å². The highest BCUT2D eigenvalue weighted by Gasteiger charge is 2.32. The highest BCUT2D eigenvalue weighted by molar-refractivity contribution is 8.00. The monoisotopic (exact) mass is 598 g/mol. The SMILES string of the molecule is O=C(NCC(F)F)NCC1CCCN(C(=O)CN(Sc2ccc(Cl)cc2)c2cc(C(F)(F)F)ccc2Cl)C1. The van der Waals surface area contributed by atoms with Gasteiger partial charge >= 0.3 is 12.2 Å². The topological polar surface area (TPSA) is 64.7 Å². The Morgan fingerprint density at radius 3 is 2.47 bits per heavy atom. The summed E-state index contributed by atoms with van der Waals surface area (Å²) in [6.45, 7) is -0.127. The summed E-state index contributed by atoms with van der Waals surface area (Å²) >= 11 is 13.3. The third-order valence-corrected chi connectivity index (χ3v) is 7.29. The molecule has 1 fully saturated rings. The Labute approximate surface area is 230 Å². The van der Waals surface area contributed by atoms with Crippen molar-refractivity contribution in [1.29, 1.82) is 0 Å². The Morgan fingerprint density at radius 2 is 1.82 bits per heavy atom. The number of alkyl halides is 5. The van der Waals surface area contributed by atoms with Gasteiger partial charge in [0.15, 0.2) is 0 Å². The number of anilines is 1. The van der Waals surface area contributed by atoms with Crippen molar-refractivity contribution in [3.8, 4) is 0 Å². The number of rotatable bonds is 9. The molecule has 0 aromatic heterocycles. The fourth-order valence-electron chi connectivity index (χ4n) is 3.82. The quantitative estimate of drug-likeness (QED) is 0.261. The van der Waals surface area contributed by atoms with Crippen LogP contribution in [0.3, 0.4) is 0 Å². The first-order valence-electron chi connectivity index (χ1n) is 11.6. The van der Waals surface area contributed by atoms with E-state index >= 15 is 0 Å². The summed E-state index contributed by atoms with van der Waals surface area (Å²) in [6.07, 6.45) is -5.91. The number of piperidine rings is 1. The number of urea groups is 1. The molecule has 14 heteroatoms. The molecule has 0 spiro atoms. The number of nitrogens with zero attached hydrogens (tertiary/aromatic N) is 2. The van der Waals surface area contributed by atoms with Gasteiger partial charge in [-0.1, -0.05) is 23.2 Å². The highest BCUT2D eigenvalue weighted by atomic mass is 35.5. The molecule has 208 valence electrons. The maximum atomic E-state index is 13.4. The van der Waals surface area contributed by atoms with E-state index in [9.17, 15) is 31.5 Å². The van der Waals surface area contributed by atoms with E-state index in [0.717, 1.165) is 30.1 Å². The minimum atomic E-state index is -4.60. The van der Waals surface area contributed by atoms with Crippen LogP contribution in [0.5, 0.6) is 0 Å². The second kappa shape index (κ2) is 13.6. The summed E-state index contributed by atoms with van der Waals surface area (Å²) in [4.78, 5) is 27.2. The molecule has 1 aliphatic heterocycles. The first-order chi connectivity index (χ1) is 17.9. The van der Waals surface area contributed by atoms with Crippen molar-refractivity contribution in [2.75, 3.05) is 37.0 Å². The van der Waals surface area contributed by atoms with Crippen LogP contribution in [0.15, 0.2) is 47.4 Å². The van der Waals surface area contributed by atoms with Crippen molar-refractivity contribution in [1.82, 2.24) is 15.5 Å². The number of amides is 3. The van der Waals surface area contributed by atoms with Gasteiger partial charge in [-0.05, 0) is 73.2 Å². The van der Waals surface area contributed by atoms with Gasteiger partial charge < -0.3 is 19.8 Å². The van der Waals surface area contributed by atoms with E-state index < -0.39 is 30.7 Å². The largest absolute Gasteiger partial charge is 0.416 e. The molecule has 1 atom stereocenters. The maximum Gasteiger partial charge on any atom is 0.416 e. The van der Waals surface area contributed by atoms with E-state index in [1.54, 1.807) is 29.2 Å². The lowest BCUT2D eigenvalue weighted by molar-refractivity contribution is -0.137. The predicted octanol–water partition coefficient (Wildman–Crippen LogP) is 6.33. The minimum absolute atomic E-state index is 0.0284. The van der Waals surface area contributed by atoms with Gasteiger partial charge in [-0.3, -0.25) is 4.79 Å². The van der Waals surface area contributed by atoms with Crippen molar-refractivity contribution >= 4 is 52.8 Å². The Bertz CT molecular complexity index is 1110. The van der Waals surface area contributed by atoms with Gasteiger partial charge in [0.1, 0.15) is 6.54 Å². The highest BCUT2D eigenvalue weighted by Crippen LogP contribution is 2.39. The predicted molar refractivity (Wildman–Crippen MR) is 138 cm³/mol. The molecule has 0 radical (unpaired) electrons. The lowest BCUT2D eigenvalue weighted by atomic mass is 9.98. The molecule has 3 rings (SSSR count). The van der Waals surface area contributed by atoms with Crippen molar-refractivity contribution in [3.63, 3.8) is 0 Å². The molecule has 2 aromatic carbocycles. The third-order valence-electron chi connectivity index (χ3n) is 5.69. The average molecular weight is 599 g/mol. The molecule has 1 aliphatic rings. The molecule has 3 amide bonds. The van der Waals surface area contributed by atoms with Crippen LogP contribution in [-0.4, -0.2) is 56.0 Å². The fraction of sp³-hybridized carbons (Fsp3) is 0.417. The first kappa shape index (κ1) is 30.1. The Hall–Kier alpha value is -2.44. The molecule has 1 heterocycles. The molecule has 0 aliphatic carbocycles. The van der Waals surface area contributed by atoms with Gasteiger partial charge in [-0.25, -0.2) is 13.6 Å². The summed E-state index contributed by atoms with van der Waals surface area (Å²) in [5.74, 6) is -0.452. The zero-order chi connectivity index (χ0) is 27.9. The summed E-state index contributed by atoms with van der Waals surface area (Å²) in [5, 5.41) is 5.11. The Morgan fingerprint density at radius 1 is 1.11 bits per heavy atom. The molecule has 38 heavy (non-hydrogen) atoms. The molecule has 6 nitrogen and oxygen atoms in total. The number of likely N-dealkylation sites (tertiary alicyclic amines) is 1. The maximum absolute atomic E-state index is 13.4. The molecule has 0 saturated carbocycles. The number of carbonyl (C=O) groups excluding carboxylic acids is 2. The molecule has 2 aromatic rings. The van der Waals surface area contributed by atoms with Crippen LogP contribution in [0.25, 0.3) is 0 Å². The van der Waals surface area contributed by atoms with Crippen LogP contribution >= 0.6 is 35.1 Å². The van der Waals surface area contributed by atoms with E-state index in [1.807, 2.05) is 0 Å². The Kier molecular flexibility index (Phi) is 10.8. The van der Waals surface area contributed by atoms with Crippen molar-refractivity contribution in [3.05, 3.63) is 58.1 Å². The second-order valence-electron chi connectivity index (χ2n) is 8.58. The molecule has 1 saturated heterocycles. The first-order valence-corrected chi connectivity index (χ1v) is 13.1. The van der Waals surface area contributed by atoms with Crippen molar-refractivity contribution < 1.29 is 31.5 Å². The van der Waals surface area contributed by atoms with E-state index in [1.165, 1.54) is 4.31 Å². The minimum Gasteiger partial charge on any atom is -0.341 e. The normalized spacial score (nSPS) is 15.9. The summed E-state index contributed by atoms with van der Waals surface area (Å²) in [7, 11) is 0. The van der Waals surface area contributed by atoms with Gasteiger partial charge in [0.05, 0.1) is 22.8 Å². The standard InChI is InChI=1S/C24H25Cl2F5N4O2S/c25-17-4-6-18(7-5-17)38-35(20-10-16(24(29,30)31)3-8-19(20)26)14-22(36)34-9-1-2-15(13-34)11-32-23(37)33-12-21(27)28/h3-8,10,15,21H,1-2,9,11-14H2,(H2,32,33,37). The number of hydrogen-bond acceptors (Lipinski definition) is 4. The number of hydrogen-bond donors (Lipinski definition) is 2. The number of halogens is 7. The number of carbonyl (C=O) groups is 2. The van der Waals surface area contributed by atoms with E-state index in [2.05, 4.69) is 10.6 Å². The molecule has 1 unspecified atom stereocenters.